The van der Waals surface area contributed by atoms with Crippen molar-refractivity contribution >= 4 is 17.3 Å². The molecule has 0 N–H and O–H groups in total. The lowest BCUT2D eigenvalue weighted by Gasteiger charge is -2.26. The topological polar surface area (TPSA) is 12.5 Å². The van der Waals surface area contributed by atoms with Gasteiger partial charge in [-0.05, 0) is 39.0 Å². The summed E-state index contributed by atoms with van der Waals surface area (Å²) in [5.41, 5.74) is 3.46. The maximum atomic E-state index is 6.72. The smallest absolute Gasteiger partial charge is 0.124 e. The van der Waals surface area contributed by atoms with Crippen LogP contribution in [-0.4, -0.2) is 19.7 Å². The van der Waals surface area contributed by atoms with Crippen LogP contribution in [0, 0.1) is 6.92 Å². The molecule has 0 fully saturated rings. The summed E-state index contributed by atoms with van der Waals surface area (Å²) in [6.07, 6.45) is 0. The van der Waals surface area contributed by atoms with Crippen LogP contribution in [0.4, 0.5) is 5.69 Å². The third-order valence-corrected chi connectivity index (χ3v) is 4.06. The zero-order valence-corrected chi connectivity index (χ0v) is 14.3. The van der Waals surface area contributed by atoms with E-state index >= 15 is 0 Å². The molecule has 2 rings (SSSR count). The van der Waals surface area contributed by atoms with Crippen LogP contribution in [0.15, 0.2) is 48.5 Å². The van der Waals surface area contributed by atoms with Crippen LogP contribution in [0.3, 0.4) is 0 Å². The molecule has 0 aliphatic rings. The van der Waals surface area contributed by atoms with Gasteiger partial charge in [0.1, 0.15) is 5.75 Å². The quantitative estimate of drug-likeness (QED) is 0.651. The Hall–Kier alpha value is -1.67. The van der Waals surface area contributed by atoms with Gasteiger partial charge < -0.3 is 9.64 Å². The molecule has 2 nitrogen and oxygen atoms in total. The molecule has 1 atom stereocenters. The fraction of sp³-hybridized carbons (Fsp3) is 0.368. The summed E-state index contributed by atoms with van der Waals surface area (Å²) in [4.78, 5) is 2.29. The average molecular weight is 318 g/mol. The lowest BCUT2D eigenvalue weighted by atomic mass is 10.1. The largest absolute Gasteiger partial charge is 0.494 e. The molecule has 0 aliphatic heterocycles. The number of halogens is 1. The number of alkyl halides is 1. The van der Waals surface area contributed by atoms with E-state index in [0.29, 0.717) is 6.61 Å². The van der Waals surface area contributed by atoms with E-state index in [9.17, 15) is 0 Å². The molecule has 2 aromatic rings. The number of nitrogens with zero attached hydrogens (tertiary/aromatic N) is 1. The molecule has 3 heteroatoms. The number of hydrogen-bond donors (Lipinski definition) is 0. The fourth-order valence-corrected chi connectivity index (χ4v) is 2.88. The molecule has 0 amide bonds. The molecule has 0 spiro atoms. The molecule has 0 bridgehead atoms. The Balaban J connectivity index is 2.20. The molecule has 0 heterocycles. The highest BCUT2D eigenvalue weighted by molar-refractivity contribution is 6.21. The molecule has 0 aliphatic carbocycles. The lowest BCUT2D eigenvalue weighted by molar-refractivity contribution is 0.336. The number of anilines is 1. The predicted molar refractivity (Wildman–Crippen MR) is 95.3 cm³/mol. The van der Waals surface area contributed by atoms with Gasteiger partial charge in [0.25, 0.3) is 0 Å². The lowest BCUT2D eigenvalue weighted by Crippen LogP contribution is -2.26. The van der Waals surface area contributed by atoms with Gasteiger partial charge in [0, 0.05) is 24.3 Å². The van der Waals surface area contributed by atoms with E-state index in [1.54, 1.807) is 0 Å². The van der Waals surface area contributed by atoms with Gasteiger partial charge in [0.05, 0.1) is 12.0 Å². The van der Waals surface area contributed by atoms with Gasteiger partial charge in [-0.25, -0.2) is 0 Å². The Kier molecular flexibility index (Phi) is 6.14. The first-order valence-corrected chi connectivity index (χ1v) is 8.26. The molecule has 22 heavy (non-hydrogen) atoms. The number of benzene rings is 2. The van der Waals surface area contributed by atoms with Crippen molar-refractivity contribution in [2.24, 2.45) is 0 Å². The van der Waals surface area contributed by atoms with Crippen molar-refractivity contribution in [3.05, 3.63) is 59.7 Å². The van der Waals surface area contributed by atoms with Crippen LogP contribution in [0.5, 0.6) is 5.75 Å². The van der Waals surface area contributed by atoms with E-state index in [-0.39, 0.29) is 5.38 Å². The molecular weight excluding hydrogens is 294 g/mol. The van der Waals surface area contributed by atoms with Crippen LogP contribution in [-0.2, 0) is 0 Å². The van der Waals surface area contributed by atoms with Crippen LogP contribution < -0.4 is 9.64 Å². The number of aryl methyl sites for hydroxylation is 1. The number of hydrogen-bond acceptors (Lipinski definition) is 2. The first-order valence-electron chi connectivity index (χ1n) is 7.83. The molecular formula is C19H24ClNO. The van der Waals surface area contributed by atoms with Crippen molar-refractivity contribution in [3.63, 3.8) is 0 Å². The van der Waals surface area contributed by atoms with Crippen LogP contribution in [0.1, 0.15) is 30.4 Å². The van der Waals surface area contributed by atoms with Gasteiger partial charge >= 0.3 is 0 Å². The summed E-state index contributed by atoms with van der Waals surface area (Å²) < 4.78 is 5.73. The standard InChI is InChI=1S/C19H24ClNO/c1-4-21(16-9-7-6-8-10-16)14-18(20)17-13-15(3)11-12-19(17)22-5-2/h6-13,18H,4-5,14H2,1-3H3. The zero-order chi connectivity index (χ0) is 15.9. The average Bonchev–Trinajstić information content (AvgIpc) is 2.55. The van der Waals surface area contributed by atoms with Crippen LogP contribution >= 0.6 is 11.6 Å². The minimum Gasteiger partial charge on any atom is -0.494 e. The van der Waals surface area contributed by atoms with Crippen molar-refractivity contribution in [1.29, 1.82) is 0 Å². The van der Waals surface area contributed by atoms with E-state index in [2.05, 4.69) is 55.1 Å². The van der Waals surface area contributed by atoms with Gasteiger partial charge in [0.15, 0.2) is 0 Å². The SMILES string of the molecule is CCOc1ccc(C)cc1C(Cl)CN(CC)c1ccccc1. The molecule has 0 aromatic heterocycles. The van der Waals surface area contributed by atoms with Crippen molar-refractivity contribution in [3.8, 4) is 5.75 Å². The highest BCUT2D eigenvalue weighted by Crippen LogP contribution is 2.32. The van der Waals surface area contributed by atoms with Gasteiger partial charge in [-0.1, -0.05) is 35.9 Å². The van der Waals surface area contributed by atoms with Gasteiger partial charge in [-0.3, -0.25) is 0 Å². The van der Waals surface area contributed by atoms with Gasteiger partial charge in [0.2, 0.25) is 0 Å². The van der Waals surface area contributed by atoms with E-state index in [4.69, 9.17) is 16.3 Å². The normalized spacial score (nSPS) is 12.0. The van der Waals surface area contributed by atoms with Crippen molar-refractivity contribution in [2.75, 3.05) is 24.6 Å². The zero-order valence-electron chi connectivity index (χ0n) is 13.6. The number of likely N-dealkylation sites (N-methyl/N-ethyl adjacent to an activating group) is 1. The van der Waals surface area contributed by atoms with E-state index in [0.717, 1.165) is 24.4 Å². The summed E-state index contributed by atoms with van der Waals surface area (Å²) in [5, 5.41) is -0.110. The molecule has 1 unspecified atom stereocenters. The number of rotatable bonds is 7. The summed E-state index contributed by atoms with van der Waals surface area (Å²) >= 11 is 6.72. The third-order valence-electron chi connectivity index (χ3n) is 3.69. The predicted octanol–water partition coefficient (Wildman–Crippen LogP) is 5.20. The molecule has 0 radical (unpaired) electrons. The molecule has 0 saturated carbocycles. The summed E-state index contributed by atoms with van der Waals surface area (Å²) in [6, 6.07) is 16.6. The monoisotopic (exact) mass is 317 g/mol. The highest BCUT2D eigenvalue weighted by atomic mass is 35.5. The minimum absolute atomic E-state index is 0.110. The Morgan fingerprint density at radius 3 is 2.45 bits per heavy atom. The van der Waals surface area contributed by atoms with Gasteiger partial charge in [-0.15, -0.1) is 11.6 Å². The summed E-state index contributed by atoms with van der Waals surface area (Å²) in [5.74, 6) is 0.886. The molecule has 2 aromatic carbocycles. The van der Waals surface area contributed by atoms with Crippen molar-refractivity contribution in [1.82, 2.24) is 0 Å². The van der Waals surface area contributed by atoms with Crippen LogP contribution in [0.2, 0.25) is 0 Å². The van der Waals surface area contributed by atoms with Crippen molar-refractivity contribution < 1.29 is 4.74 Å². The Morgan fingerprint density at radius 2 is 1.82 bits per heavy atom. The minimum atomic E-state index is -0.110. The van der Waals surface area contributed by atoms with E-state index in [1.807, 2.05) is 19.1 Å². The molecule has 118 valence electrons. The van der Waals surface area contributed by atoms with Crippen molar-refractivity contribution in [2.45, 2.75) is 26.1 Å². The first kappa shape index (κ1) is 16.7. The third kappa shape index (κ3) is 4.17. The summed E-state index contributed by atoms with van der Waals surface area (Å²) in [7, 11) is 0. The maximum absolute atomic E-state index is 6.72. The fourth-order valence-electron chi connectivity index (χ4n) is 2.55. The number of ether oxygens (including phenoxy) is 1. The van der Waals surface area contributed by atoms with E-state index in [1.165, 1.54) is 11.3 Å². The second-order valence-corrected chi connectivity index (χ2v) is 5.84. The van der Waals surface area contributed by atoms with Gasteiger partial charge in [-0.2, -0.15) is 0 Å². The highest BCUT2D eigenvalue weighted by Gasteiger charge is 2.17. The van der Waals surface area contributed by atoms with E-state index < -0.39 is 0 Å². The number of para-hydroxylation sites is 1. The second-order valence-electron chi connectivity index (χ2n) is 5.32. The first-order chi connectivity index (χ1) is 10.7. The maximum Gasteiger partial charge on any atom is 0.124 e. The van der Waals surface area contributed by atoms with Crippen LogP contribution in [0.25, 0.3) is 0 Å². The second kappa shape index (κ2) is 8.09. The summed E-state index contributed by atoms with van der Waals surface area (Å²) in [6.45, 7) is 8.55. The molecule has 0 saturated heterocycles. The Bertz CT molecular complexity index is 585. The Morgan fingerprint density at radius 1 is 1.09 bits per heavy atom. The Labute approximate surface area is 138 Å².